The summed E-state index contributed by atoms with van der Waals surface area (Å²) in [5.41, 5.74) is 2.41. The molecule has 9 nitrogen and oxygen atoms in total. The normalized spacial score (nSPS) is 16.7. The molecule has 3 aromatic rings. The van der Waals surface area contributed by atoms with E-state index in [1.54, 1.807) is 25.7 Å². The highest BCUT2D eigenvalue weighted by atomic mass is 35.5. The van der Waals surface area contributed by atoms with E-state index in [1.165, 1.54) is 6.42 Å². The molecule has 2 aromatic heterocycles. The lowest BCUT2D eigenvalue weighted by Crippen LogP contribution is -2.40. The Balaban J connectivity index is 0.000000755. The number of nitrogens with one attached hydrogen (secondary N) is 1. The number of piperidine rings is 1. The highest BCUT2D eigenvalue weighted by Crippen LogP contribution is 2.33. The monoisotopic (exact) mass is 418 g/mol. The van der Waals surface area contributed by atoms with Gasteiger partial charge in [-0.25, -0.2) is 4.98 Å². The second-order valence-electron chi connectivity index (χ2n) is 6.72. The summed E-state index contributed by atoms with van der Waals surface area (Å²) in [5.74, 6) is 1.36. The summed E-state index contributed by atoms with van der Waals surface area (Å²) >= 11 is 6.08. The van der Waals surface area contributed by atoms with E-state index in [0.717, 1.165) is 30.6 Å². The molecule has 0 spiro atoms. The van der Waals surface area contributed by atoms with Crippen LogP contribution in [0.1, 0.15) is 12.8 Å². The van der Waals surface area contributed by atoms with Crippen molar-refractivity contribution >= 4 is 29.5 Å². The zero-order valence-electron chi connectivity index (χ0n) is 16.2. The van der Waals surface area contributed by atoms with Gasteiger partial charge in [-0.1, -0.05) is 11.6 Å². The molecule has 10 heteroatoms. The molecule has 0 saturated carbocycles. The number of carbonyl (C=O) groups is 1. The van der Waals surface area contributed by atoms with E-state index in [4.69, 9.17) is 26.2 Å². The maximum atomic E-state index is 8.36. The molecule has 3 heterocycles. The highest BCUT2D eigenvalue weighted by molar-refractivity contribution is 6.30. The van der Waals surface area contributed by atoms with Gasteiger partial charge in [-0.05, 0) is 44.6 Å². The van der Waals surface area contributed by atoms with Crippen molar-refractivity contribution in [2.75, 3.05) is 32.6 Å². The number of hydrogen-bond donors (Lipinski definition) is 2. The lowest BCUT2D eigenvalue weighted by molar-refractivity contribution is -0.122. The fraction of sp³-hybridized carbons (Fsp3) is 0.368. The molecular weight excluding hydrogens is 396 g/mol. The van der Waals surface area contributed by atoms with Crippen molar-refractivity contribution < 1.29 is 14.6 Å². The number of anilines is 1. The van der Waals surface area contributed by atoms with Gasteiger partial charge in [0.1, 0.15) is 17.8 Å². The molecule has 1 aliphatic rings. The summed E-state index contributed by atoms with van der Waals surface area (Å²) < 4.78 is 7.40. The number of methoxy groups -OCH3 is 1. The van der Waals surface area contributed by atoms with Gasteiger partial charge < -0.3 is 20.1 Å². The van der Waals surface area contributed by atoms with Crippen molar-refractivity contribution in [2.24, 2.45) is 0 Å². The van der Waals surface area contributed by atoms with Crippen LogP contribution in [-0.2, 0) is 4.79 Å². The Bertz CT molecular complexity index is 980. The largest absolute Gasteiger partial charge is 0.496 e. The number of halogens is 1. The van der Waals surface area contributed by atoms with Crippen LogP contribution in [0.2, 0.25) is 5.02 Å². The van der Waals surface area contributed by atoms with Crippen molar-refractivity contribution in [1.29, 1.82) is 0 Å². The molecule has 0 unspecified atom stereocenters. The number of likely N-dealkylation sites (N-methyl/N-ethyl adjacent to an activating group) is 1. The van der Waals surface area contributed by atoms with E-state index in [0.29, 0.717) is 28.5 Å². The van der Waals surface area contributed by atoms with E-state index >= 15 is 0 Å². The maximum Gasteiger partial charge on any atom is 0.290 e. The van der Waals surface area contributed by atoms with Crippen LogP contribution >= 0.6 is 11.6 Å². The van der Waals surface area contributed by atoms with Crippen LogP contribution in [-0.4, -0.2) is 69.3 Å². The van der Waals surface area contributed by atoms with Crippen molar-refractivity contribution in [3.05, 3.63) is 35.7 Å². The molecule has 0 amide bonds. The number of hydrogen-bond acceptors (Lipinski definition) is 7. The molecule has 4 rings (SSSR count). The van der Waals surface area contributed by atoms with Crippen LogP contribution in [0.4, 0.5) is 5.95 Å². The number of imidazole rings is 1. The molecule has 1 aliphatic heterocycles. The molecule has 1 saturated heterocycles. The molecule has 1 fully saturated rings. The van der Waals surface area contributed by atoms with Crippen molar-refractivity contribution in [1.82, 2.24) is 24.5 Å². The quantitative estimate of drug-likeness (QED) is 0.623. The Labute approximate surface area is 173 Å². The van der Waals surface area contributed by atoms with E-state index in [1.807, 2.05) is 16.5 Å². The van der Waals surface area contributed by atoms with Crippen LogP contribution < -0.4 is 10.1 Å². The molecular formula is C19H23ClN6O3. The summed E-state index contributed by atoms with van der Waals surface area (Å²) in [4.78, 5) is 15.0. The van der Waals surface area contributed by atoms with Crippen LogP contribution in [0.5, 0.6) is 5.75 Å². The smallest absolute Gasteiger partial charge is 0.290 e. The standard InChI is InChI=1S/C18H21ClN6O.CH2O2/c1-24-7-3-4-13(10-24)21-18-23-22-17(15-9-20-11-25(15)18)14-6-5-12(19)8-16(14)26-2;2-1-3/h5-6,8-9,11,13H,3-4,7,10H2,1-2H3,(H,21,23);1H,(H,2,3)/t13-;/m1./s1. The summed E-state index contributed by atoms with van der Waals surface area (Å²) in [5, 5.41) is 19.9. The first-order valence-corrected chi connectivity index (χ1v) is 9.50. The second kappa shape index (κ2) is 9.53. The highest BCUT2D eigenvalue weighted by Gasteiger charge is 2.20. The van der Waals surface area contributed by atoms with Crippen LogP contribution in [0, 0.1) is 0 Å². The minimum Gasteiger partial charge on any atom is -0.496 e. The first kappa shape index (κ1) is 20.8. The van der Waals surface area contributed by atoms with Gasteiger partial charge in [0.05, 0.1) is 18.8 Å². The number of ether oxygens (including phenoxy) is 1. The number of nitrogens with zero attached hydrogens (tertiary/aromatic N) is 5. The van der Waals surface area contributed by atoms with Gasteiger partial charge in [0.2, 0.25) is 5.95 Å². The number of likely N-dealkylation sites (tertiary alicyclic amines) is 1. The Morgan fingerprint density at radius 1 is 1.38 bits per heavy atom. The number of benzene rings is 1. The second-order valence-corrected chi connectivity index (χ2v) is 7.15. The van der Waals surface area contributed by atoms with E-state index in [-0.39, 0.29) is 6.47 Å². The first-order chi connectivity index (χ1) is 14.1. The summed E-state index contributed by atoms with van der Waals surface area (Å²) in [6.07, 6.45) is 5.84. The third kappa shape index (κ3) is 4.75. The molecule has 1 aromatic carbocycles. The lowest BCUT2D eigenvalue weighted by atomic mass is 10.1. The first-order valence-electron chi connectivity index (χ1n) is 9.13. The summed E-state index contributed by atoms with van der Waals surface area (Å²) in [7, 11) is 3.76. The molecule has 1 atom stereocenters. The lowest BCUT2D eigenvalue weighted by Gasteiger charge is -2.30. The molecule has 29 heavy (non-hydrogen) atoms. The van der Waals surface area contributed by atoms with Gasteiger partial charge in [-0.3, -0.25) is 9.20 Å². The Morgan fingerprint density at radius 2 is 2.17 bits per heavy atom. The fourth-order valence-electron chi connectivity index (χ4n) is 3.45. The minimum absolute atomic E-state index is 0.250. The van der Waals surface area contributed by atoms with Gasteiger partial charge in [-0.2, -0.15) is 0 Å². The third-order valence-electron chi connectivity index (χ3n) is 4.73. The summed E-state index contributed by atoms with van der Waals surface area (Å²) in [6, 6.07) is 5.83. The van der Waals surface area contributed by atoms with Crippen molar-refractivity contribution in [3.63, 3.8) is 0 Å². The minimum atomic E-state index is -0.250. The fourth-order valence-corrected chi connectivity index (χ4v) is 3.62. The summed E-state index contributed by atoms with van der Waals surface area (Å²) in [6.45, 7) is 1.88. The number of rotatable bonds is 4. The molecule has 154 valence electrons. The van der Waals surface area contributed by atoms with Crippen LogP contribution in [0.3, 0.4) is 0 Å². The number of carboxylic acid groups (broad SMARTS) is 1. The number of fused-ring (bicyclic) bond motifs is 1. The molecule has 2 N–H and O–H groups in total. The zero-order chi connectivity index (χ0) is 20.8. The Morgan fingerprint density at radius 3 is 2.90 bits per heavy atom. The maximum absolute atomic E-state index is 8.36. The molecule has 0 bridgehead atoms. The van der Waals surface area contributed by atoms with E-state index in [9.17, 15) is 0 Å². The Kier molecular flexibility index (Phi) is 6.84. The van der Waals surface area contributed by atoms with Gasteiger partial charge in [0.25, 0.3) is 6.47 Å². The van der Waals surface area contributed by atoms with Gasteiger partial charge in [0.15, 0.2) is 0 Å². The topological polar surface area (TPSA) is 105 Å². The third-order valence-corrected chi connectivity index (χ3v) is 4.97. The van der Waals surface area contributed by atoms with Crippen molar-refractivity contribution in [3.8, 4) is 17.0 Å². The van der Waals surface area contributed by atoms with E-state index in [2.05, 4.69) is 32.4 Å². The Hall–Kier alpha value is -2.91. The van der Waals surface area contributed by atoms with Gasteiger partial charge in [-0.15, -0.1) is 10.2 Å². The predicted molar refractivity (Wildman–Crippen MR) is 111 cm³/mol. The van der Waals surface area contributed by atoms with Gasteiger partial charge in [0, 0.05) is 23.2 Å². The average molecular weight is 419 g/mol. The van der Waals surface area contributed by atoms with Crippen LogP contribution in [0.25, 0.3) is 16.8 Å². The van der Waals surface area contributed by atoms with E-state index < -0.39 is 0 Å². The zero-order valence-corrected chi connectivity index (χ0v) is 17.0. The van der Waals surface area contributed by atoms with Gasteiger partial charge >= 0.3 is 0 Å². The van der Waals surface area contributed by atoms with Crippen LogP contribution in [0.15, 0.2) is 30.7 Å². The SMILES string of the molecule is COc1cc(Cl)ccc1-c1nnc(N[C@@H]2CCCN(C)C2)n2cncc12.O=CO. The van der Waals surface area contributed by atoms with Crippen molar-refractivity contribution in [2.45, 2.75) is 18.9 Å². The number of aromatic nitrogens is 4. The average Bonchev–Trinajstić information content (AvgIpc) is 3.19. The molecule has 0 radical (unpaired) electrons. The molecule has 0 aliphatic carbocycles. The predicted octanol–water partition coefficient (Wildman–Crippen LogP) is 2.66.